The monoisotopic (exact) mass is 358 g/mol. The highest BCUT2D eigenvalue weighted by Crippen LogP contribution is 2.27. The van der Waals surface area contributed by atoms with Crippen molar-refractivity contribution in [2.75, 3.05) is 34.3 Å². The van der Waals surface area contributed by atoms with Crippen LogP contribution in [0.3, 0.4) is 0 Å². The van der Waals surface area contributed by atoms with E-state index in [1.165, 1.54) is 12.1 Å². The molecule has 2 aromatic rings. The molecule has 5 nitrogen and oxygen atoms in total. The van der Waals surface area contributed by atoms with Gasteiger partial charge < -0.3 is 14.4 Å². The lowest BCUT2D eigenvalue weighted by molar-refractivity contribution is -0.145. The summed E-state index contributed by atoms with van der Waals surface area (Å²) in [6.07, 6.45) is -0.0543. The minimum Gasteiger partial charge on any atom is -0.497 e. The van der Waals surface area contributed by atoms with Gasteiger partial charge in [-0.2, -0.15) is 0 Å². The van der Waals surface area contributed by atoms with E-state index in [1.54, 1.807) is 29.0 Å². The molecule has 1 atom stereocenters. The van der Waals surface area contributed by atoms with Gasteiger partial charge in [-0.05, 0) is 43.9 Å². The zero-order valence-electron chi connectivity index (χ0n) is 15.2. The number of nitrogens with zero attached hydrogens (tertiary/aromatic N) is 2. The summed E-state index contributed by atoms with van der Waals surface area (Å²) in [7, 11) is 5.24. The smallest absolute Gasteiger partial charge is 0.244 e. The van der Waals surface area contributed by atoms with Crippen molar-refractivity contribution < 1.29 is 18.7 Å². The molecule has 1 aliphatic heterocycles. The third kappa shape index (κ3) is 3.96. The number of hydrogen-bond donors (Lipinski definition) is 0. The molecule has 6 heteroatoms. The molecule has 1 amide bonds. The van der Waals surface area contributed by atoms with E-state index >= 15 is 0 Å². The summed E-state index contributed by atoms with van der Waals surface area (Å²) in [4.78, 5) is 16.4. The first kappa shape index (κ1) is 18.2. The molecule has 1 heterocycles. The summed E-state index contributed by atoms with van der Waals surface area (Å²) < 4.78 is 24.6. The van der Waals surface area contributed by atoms with Crippen LogP contribution >= 0.6 is 0 Å². The van der Waals surface area contributed by atoms with Gasteiger partial charge in [-0.15, -0.1) is 0 Å². The summed E-state index contributed by atoms with van der Waals surface area (Å²) in [6, 6.07) is 13.1. The molecular weight excluding hydrogens is 335 g/mol. The lowest BCUT2D eigenvalue weighted by Crippen LogP contribution is -2.58. The van der Waals surface area contributed by atoms with Crippen molar-refractivity contribution in [3.8, 4) is 11.5 Å². The number of likely N-dealkylation sites (tertiary alicyclic amines) is 1. The van der Waals surface area contributed by atoms with Crippen LogP contribution in [0.2, 0.25) is 0 Å². The number of halogens is 1. The van der Waals surface area contributed by atoms with Crippen molar-refractivity contribution in [2.45, 2.75) is 12.1 Å². The fraction of sp³-hybridized carbons (Fsp3) is 0.350. The number of carbonyl (C=O) groups excluding carboxylic acids is 1. The molecule has 0 aromatic heterocycles. The Labute approximate surface area is 152 Å². The first-order chi connectivity index (χ1) is 12.5. The molecule has 26 heavy (non-hydrogen) atoms. The number of hydrogen-bond acceptors (Lipinski definition) is 4. The number of benzene rings is 2. The van der Waals surface area contributed by atoms with E-state index in [0.29, 0.717) is 18.7 Å². The maximum absolute atomic E-state index is 13.5. The van der Waals surface area contributed by atoms with Crippen LogP contribution in [0.25, 0.3) is 0 Å². The Kier molecular flexibility index (Phi) is 5.42. The van der Waals surface area contributed by atoms with Gasteiger partial charge in [-0.1, -0.05) is 18.2 Å². The molecule has 1 fully saturated rings. The normalized spacial score (nSPS) is 15.5. The number of methoxy groups -OCH3 is 1. The zero-order valence-corrected chi connectivity index (χ0v) is 15.2. The van der Waals surface area contributed by atoms with Crippen LogP contribution in [0.15, 0.2) is 48.5 Å². The van der Waals surface area contributed by atoms with Crippen molar-refractivity contribution >= 4 is 5.91 Å². The average Bonchev–Trinajstić information content (AvgIpc) is 2.57. The van der Waals surface area contributed by atoms with E-state index in [0.717, 1.165) is 11.5 Å². The van der Waals surface area contributed by atoms with E-state index < -0.39 is 6.04 Å². The number of rotatable bonds is 6. The molecule has 3 rings (SSSR count). The first-order valence-electron chi connectivity index (χ1n) is 8.49. The van der Waals surface area contributed by atoms with Crippen molar-refractivity contribution in [3.05, 3.63) is 59.9 Å². The van der Waals surface area contributed by atoms with Crippen LogP contribution < -0.4 is 9.47 Å². The van der Waals surface area contributed by atoms with Crippen LogP contribution in [0.1, 0.15) is 11.6 Å². The van der Waals surface area contributed by atoms with Gasteiger partial charge >= 0.3 is 0 Å². The third-order valence-electron chi connectivity index (χ3n) is 4.42. The molecule has 0 N–H and O–H groups in total. The lowest BCUT2D eigenvalue weighted by atomic mass is 10.0. The molecule has 2 aromatic carbocycles. The second kappa shape index (κ2) is 7.74. The van der Waals surface area contributed by atoms with Crippen LogP contribution in [0, 0.1) is 5.82 Å². The SMILES string of the molecule is COc1cccc(OC2CN(C(=O)[C@H](c3cccc(F)c3)N(C)C)C2)c1. The van der Waals surface area contributed by atoms with Gasteiger partial charge in [0.05, 0.1) is 20.2 Å². The predicted molar refractivity (Wildman–Crippen MR) is 96.8 cm³/mol. The van der Waals surface area contributed by atoms with Crippen LogP contribution in [0.5, 0.6) is 11.5 Å². The minimum absolute atomic E-state index is 0.0499. The zero-order chi connectivity index (χ0) is 18.7. The molecule has 0 aliphatic carbocycles. The van der Waals surface area contributed by atoms with Crippen LogP contribution in [-0.4, -0.2) is 56.1 Å². The fourth-order valence-electron chi connectivity index (χ4n) is 3.07. The topological polar surface area (TPSA) is 42.0 Å². The number of ether oxygens (including phenoxy) is 2. The summed E-state index contributed by atoms with van der Waals surface area (Å²) in [5.41, 5.74) is 0.650. The maximum Gasteiger partial charge on any atom is 0.244 e. The van der Waals surface area contributed by atoms with Crippen molar-refractivity contribution in [2.24, 2.45) is 0 Å². The standard InChI is InChI=1S/C20H23FN2O3/c1-22(2)19(14-6-4-7-15(21)10-14)20(24)23-12-18(13-23)26-17-9-5-8-16(11-17)25-3/h4-11,18-19H,12-13H2,1-3H3/t19-/m0/s1. The van der Waals surface area contributed by atoms with Crippen molar-refractivity contribution in [1.82, 2.24) is 9.80 Å². The highest BCUT2D eigenvalue weighted by atomic mass is 19.1. The van der Waals surface area contributed by atoms with E-state index in [-0.39, 0.29) is 17.8 Å². The Hall–Kier alpha value is -2.60. The molecule has 1 aliphatic rings. The molecule has 1 saturated heterocycles. The molecular formula is C20H23FN2O3. The van der Waals surface area contributed by atoms with Gasteiger partial charge in [0.1, 0.15) is 29.5 Å². The lowest BCUT2D eigenvalue weighted by Gasteiger charge is -2.41. The molecule has 0 unspecified atom stereocenters. The number of carbonyl (C=O) groups is 1. The Bertz CT molecular complexity index is 775. The van der Waals surface area contributed by atoms with Gasteiger partial charge in [0.15, 0.2) is 0 Å². The summed E-state index contributed by atoms with van der Waals surface area (Å²) in [6.45, 7) is 1.02. The van der Waals surface area contributed by atoms with Gasteiger partial charge in [-0.25, -0.2) is 4.39 Å². The van der Waals surface area contributed by atoms with E-state index in [9.17, 15) is 9.18 Å². The van der Waals surface area contributed by atoms with Gasteiger partial charge in [0.25, 0.3) is 0 Å². The Morgan fingerprint density at radius 3 is 2.50 bits per heavy atom. The highest BCUT2D eigenvalue weighted by molar-refractivity contribution is 5.84. The van der Waals surface area contributed by atoms with E-state index in [4.69, 9.17) is 9.47 Å². The summed E-state index contributed by atoms with van der Waals surface area (Å²) in [5.74, 6) is 1.06. The van der Waals surface area contributed by atoms with Gasteiger partial charge in [0, 0.05) is 6.07 Å². The quantitative estimate of drug-likeness (QED) is 0.796. The second-order valence-electron chi connectivity index (χ2n) is 6.58. The summed E-state index contributed by atoms with van der Waals surface area (Å²) in [5, 5.41) is 0. The number of amides is 1. The predicted octanol–water partition coefficient (Wildman–Crippen LogP) is 2.73. The van der Waals surface area contributed by atoms with Gasteiger partial charge in [0.2, 0.25) is 5.91 Å². The Morgan fingerprint density at radius 1 is 1.15 bits per heavy atom. The summed E-state index contributed by atoms with van der Waals surface area (Å²) >= 11 is 0. The molecule has 0 radical (unpaired) electrons. The fourth-order valence-corrected chi connectivity index (χ4v) is 3.07. The van der Waals surface area contributed by atoms with Crippen LogP contribution in [-0.2, 0) is 4.79 Å². The van der Waals surface area contributed by atoms with E-state index in [1.807, 2.05) is 38.4 Å². The number of likely N-dealkylation sites (N-methyl/N-ethyl adjacent to an activating group) is 1. The van der Waals surface area contributed by atoms with Gasteiger partial charge in [-0.3, -0.25) is 9.69 Å². The molecule has 0 spiro atoms. The van der Waals surface area contributed by atoms with E-state index in [2.05, 4.69) is 0 Å². The maximum atomic E-state index is 13.5. The van der Waals surface area contributed by atoms with Crippen LogP contribution in [0.4, 0.5) is 4.39 Å². The Balaban J connectivity index is 1.62. The molecule has 0 saturated carbocycles. The highest BCUT2D eigenvalue weighted by Gasteiger charge is 2.37. The molecule has 138 valence electrons. The molecule has 0 bridgehead atoms. The first-order valence-corrected chi connectivity index (χ1v) is 8.49. The third-order valence-corrected chi connectivity index (χ3v) is 4.42. The average molecular weight is 358 g/mol. The Morgan fingerprint density at radius 2 is 1.85 bits per heavy atom. The minimum atomic E-state index is -0.511. The largest absolute Gasteiger partial charge is 0.497 e. The van der Waals surface area contributed by atoms with Crippen molar-refractivity contribution in [1.29, 1.82) is 0 Å². The second-order valence-corrected chi connectivity index (χ2v) is 6.58. The van der Waals surface area contributed by atoms with Crippen molar-refractivity contribution in [3.63, 3.8) is 0 Å².